The fraction of sp³-hybridized carbons (Fsp3) is 0.941. The molecule has 1 aliphatic rings. The van der Waals surface area contributed by atoms with Crippen LogP contribution in [0, 0.1) is 11.8 Å². The molecule has 1 saturated heterocycles. The molecule has 4 atom stereocenters. The van der Waals surface area contributed by atoms with Gasteiger partial charge in [0.1, 0.15) is 12.2 Å². The molecule has 1 heterocycles. The SMILES string of the molecule is CC(C)CCCCCCCCCCC(=O)O[C@H]1[C@@H]([C@@H](CO)OC(=O)CCCCCCCCCCC(C)C)OC[C@@H]1O. The number of ether oxygens (including phenoxy) is 3. The summed E-state index contributed by atoms with van der Waals surface area (Å²) < 4.78 is 16.6. The van der Waals surface area contributed by atoms with Crippen molar-refractivity contribution < 1.29 is 34.0 Å². The summed E-state index contributed by atoms with van der Waals surface area (Å²) in [6, 6.07) is 0. The molecule has 0 aliphatic carbocycles. The minimum absolute atomic E-state index is 0.0225. The number of esters is 2. The number of rotatable bonds is 26. The Bertz CT molecular complexity index is 651. The Morgan fingerprint density at radius 1 is 0.683 bits per heavy atom. The highest BCUT2D eigenvalue weighted by atomic mass is 16.6. The van der Waals surface area contributed by atoms with Gasteiger partial charge in [0.05, 0.1) is 13.2 Å². The third kappa shape index (κ3) is 19.6. The third-order valence-corrected chi connectivity index (χ3v) is 8.08. The summed E-state index contributed by atoms with van der Waals surface area (Å²) in [5.74, 6) is 0.791. The van der Waals surface area contributed by atoms with Gasteiger partial charge in [-0.2, -0.15) is 0 Å². The number of carbonyl (C=O) groups is 2. The van der Waals surface area contributed by atoms with E-state index in [1.807, 2.05) is 0 Å². The standard InChI is InChI=1S/C34H64O7/c1-27(2)21-17-13-9-5-7-11-15-19-23-31(37)40-30(25-35)34-33(29(36)26-39-34)41-32(38)24-20-16-12-8-6-10-14-18-22-28(3)4/h27-30,33-36H,5-26H2,1-4H3/t29-,30+,33+,34+/m0/s1. The lowest BCUT2D eigenvalue weighted by Gasteiger charge is -2.27. The lowest BCUT2D eigenvalue weighted by atomic mass is 10.0. The van der Waals surface area contributed by atoms with E-state index in [0.29, 0.717) is 0 Å². The number of aliphatic hydroxyl groups excluding tert-OH is 2. The molecular formula is C34H64O7. The molecule has 0 bridgehead atoms. The van der Waals surface area contributed by atoms with Crippen molar-refractivity contribution in [3.8, 4) is 0 Å². The smallest absolute Gasteiger partial charge is 0.306 e. The number of hydrogen-bond acceptors (Lipinski definition) is 7. The van der Waals surface area contributed by atoms with Crippen LogP contribution in [0.1, 0.15) is 156 Å². The molecular weight excluding hydrogens is 520 g/mol. The van der Waals surface area contributed by atoms with Crippen molar-refractivity contribution >= 4 is 11.9 Å². The lowest BCUT2D eigenvalue weighted by Crippen LogP contribution is -2.45. The number of hydrogen-bond donors (Lipinski definition) is 2. The van der Waals surface area contributed by atoms with Gasteiger partial charge in [-0.25, -0.2) is 0 Å². The van der Waals surface area contributed by atoms with Crippen molar-refractivity contribution in [2.24, 2.45) is 11.8 Å². The molecule has 1 aliphatic heterocycles. The van der Waals surface area contributed by atoms with Gasteiger partial charge in [0.25, 0.3) is 0 Å². The molecule has 0 aromatic carbocycles. The minimum Gasteiger partial charge on any atom is -0.457 e. The highest BCUT2D eigenvalue weighted by Gasteiger charge is 2.45. The monoisotopic (exact) mass is 584 g/mol. The van der Waals surface area contributed by atoms with Crippen LogP contribution < -0.4 is 0 Å². The topological polar surface area (TPSA) is 102 Å². The van der Waals surface area contributed by atoms with E-state index in [-0.39, 0.29) is 25.4 Å². The Morgan fingerprint density at radius 3 is 1.54 bits per heavy atom. The molecule has 0 spiro atoms. The molecule has 0 radical (unpaired) electrons. The second-order valence-electron chi connectivity index (χ2n) is 13.1. The molecule has 7 heteroatoms. The van der Waals surface area contributed by atoms with Crippen LogP contribution in [0.2, 0.25) is 0 Å². The van der Waals surface area contributed by atoms with E-state index in [1.54, 1.807) is 0 Å². The molecule has 0 aromatic heterocycles. The molecule has 7 nitrogen and oxygen atoms in total. The van der Waals surface area contributed by atoms with Crippen LogP contribution in [0.4, 0.5) is 0 Å². The Hall–Kier alpha value is -1.18. The van der Waals surface area contributed by atoms with Gasteiger partial charge >= 0.3 is 11.9 Å². The lowest BCUT2D eigenvalue weighted by molar-refractivity contribution is -0.171. The van der Waals surface area contributed by atoms with E-state index in [2.05, 4.69) is 27.7 Å². The Kier molecular flexibility index (Phi) is 22.4. The van der Waals surface area contributed by atoms with Crippen molar-refractivity contribution in [2.75, 3.05) is 13.2 Å². The first kappa shape index (κ1) is 37.8. The van der Waals surface area contributed by atoms with Crippen LogP contribution in [-0.4, -0.2) is 59.8 Å². The molecule has 41 heavy (non-hydrogen) atoms. The summed E-state index contributed by atoms with van der Waals surface area (Å²) >= 11 is 0. The van der Waals surface area contributed by atoms with Crippen molar-refractivity contribution in [3.05, 3.63) is 0 Å². The normalized spacial score (nSPS) is 19.7. The second-order valence-corrected chi connectivity index (χ2v) is 13.1. The Morgan fingerprint density at radius 2 is 1.10 bits per heavy atom. The summed E-state index contributed by atoms with van der Waals surface area (Å²) in [7, 11) is 0. The third-order valence-electron chi connectivity index (χ3n) is 8.08. The van der Waals surface area contributed by atoms with E-state index in [1.165, 1.54) is 77.0 Å². The zero-order chi connectivity index (χ0) is 30.3. The highest BCUT2D eigenvalue weighted by molar-refractivity contribution is 5.70. The summed E-state index contributed by atoms with van der Waals surface area (Å²) in [6.07, 6.45) is 17.7. The van der Waals surface area contributed by atoms with Crippen LogP contribution in [0.5, 0.6) is 0 Å². The Labute approximate surface area is 251 Å². The molecule has 0 saturated carbocycles. The second kappa shape index (κ2) is 24.3. The zero-order valence-electron chi connectivity index (χ0n) is 27.0. The van der Waals surface area contributed by atoms with Gasteiger partial charge in [-0.3, -0.25) is 9.59 Å². The van der Waals surface area contributed by atoms with Crippen LogP contribution in [0.15, 0.2) is 0 Å². The van der Waals surface area contributed by atoms with Crippen LogP contribution in [0.3, 0.4) is 0 Å². The van der Waals surface area contributed by atoms with Crippen molar-refractivity contribution in [1.82, 2.24) is 0 Å². The largest absolute Gasteiger partial charge is 0.457 e. The van der Waals surface area contributed by atoms with Gasteiger partial charge in [-0.1, -0.05) is 130 Å². The van der Waals surface area contributed by atoms with E-state index >= 15 is 0 Å². The van der Waals surface area contributed by atoms with E-state index in [4.69, 9.17) is 14.2 Å². The van der Waals surface area contributed by atoms with Crippen LogP contribution in [-0.2, 0) is 23.8 Å². The highest BCUT2D eigenvalue weighted by Crippen LogP contribution is 2.24. The first-order chi connectivity index (χ1) is 19.7. The van der Waals surface area contributed by atoms with Crippen molar-refractivity contribution in [1.29, 1.82) is 0 Å². The van der Waals surface area contributed by atoms with Gasteiger partial charge in [-0.05, 0) is 24.7 Å². The average molecular weight is 585 g/mol. The van der Waals surface area contributed by atoms with Gasteiger partial charge in [0.15, 0.2) is 12.2 Å². The van der Waals surface area contributed by atoms with Crippen molar-refractivity contribution in [2.45, 2.75) is 181 Å². The average Bonchev–Trinajstić information content (AvgIpc) is 3.28. The number of carbonyl (C=O) groups excluding carboxylic acids is 2. The molecule has 1 fully saturated rings. The summed E-state index contributed by atoms with van der Waals surface area (Å²) in [6.45, 7) is 8.60. The summed E-state index contributed by atoms with van der Waals surface area (Å²) in [5, 5.41) is 20.2. The van der Waals surface area contributed by atoms with Gasteiger partial charge in [0, 0.05) is 12.8 Å². The van der Waals surface area contributed by atoms with E-state index in [9.17, 15) is 19.8 Å². The molecule has 242 valence electrons. The first-order valence-corrected chi connectivity index (χ1v) is 17.0. The Balaban J connectivity index is 2.20. The molecule has 1 rings (SSSR count). The predicted molar refractivity (Wildman–Crippen MR) is 165 cm³/mol. The minimum atomic E-state index is -1.00. The predicted octanol–water partition coefficient (Wildman–Crippen LogP) is 7.68. The van der Waals surface area contributed by atoms with Crippen LogP contribution in [0.25, 0.3) is 0 Å². The first-order valence-electron chi connectivity index (χ1n) is 17.0. The van der Waals surface area contributed by atoms with E-state index in [0.717, 1.165) is 50.4 Å². The summed E-state index contributed by atoms with van der Waals surface area (Å²) in [4.78, 5) is 24.9. The quantitative estimate of drug-likeness (QED) is 0.0794. The zero-order valence-corrected chi connectivity index (χ0v) is 27.0. The maximum atomic E-state index is 12.5. The van der Waals surface area contributed by atoms with Crippen LogP contribution >= 0.6 is 0 Å². The number of aliphatic hydroxyl groups is 2. The summed E-state index contributed by atoms with van der Waals surface area (Å²) in [5.41, 5.74) is 0. The van der Waals surface area contributed by atoms with Gasteiger partial charge < -0.3 is 24.4 Å². The van der Waals surface area contributed by atoms with Crippen molar-refractivity contribution in [3.63, 3.8) is 0 Å². The molecule has 0 unspecified atom stereocenters. The molecule has 2 N–H and O–H groups in total. The molecule has 0 aromatic rings. The molecule has 0 amide bonds. The van der Waals surface area contributed by atoms with E-state index < -0.39 is 37.0 Å². The van der Waals surface area contributed by atoms with Gasteiger partial charge in [-0.15, -0.1) is 0 Å². The maximum absolute atomic E-state index is 12.5. The fourth-order valence-corrected chi connectivity index (χ4v) is 5.49. The fourth-order valence-electron chi connectivity index (χ4n) is 5.49. The maximum Gasteiger partial charge on any atom is 0.306 e. The number of unbranched alkanes of at least 4 members (excludes halogenated alkanes) is 14. The van der Waals surface area contributed by atoms with Gasteiger partial charge in [0.2, 0.25) is 0 Å².